The van der Waals surface area contributed by atoms with Crippen molar-refractivity contribution in [3.63, 3.8) is 0 Å². The normalized spacial score (nSPS) is 14.6. The summed E-state index contributed by atoms with van der Waals surface area (Å²) in [4.78, 5) is 38.5. The largest absolute Gasteiger partial charge is 0.463 e. The molecule has 0 N–H and O–H groups in total. The number of aromatic nitrogens is 2. The molecule has 40 heavy (non-hydrogen) atoms. The van der Waals surface area contributed by atoms with Crippen LogP contribution in [-0.4, -0.2) is 58.8 Å². The maximum Gasteiger partial charge on any atom is 0.302 e. The van der Waals surface area contributed by atoms with Crippen LogP contribution in [0, 0.1) is 25.2 Å². The zero-order valence-corrected chi connectivity index (χ0v) is 22.9. The number of hydrogen-bond acceptors (Lipinski definition) is 7. The fourth-order valence-corrected chi connectivity index (χ4v) is 4.40. The summed E-state index contributed by atoms with van der Waals surface area (Å²) in [6, 6.07) is 17.7. The fraction of sp³-hybridized carbons (Fsp3) is 0.258. The van der Waals surface area contributed by atoms with Crippen molar-refractivity contribution in [2.45, 2.75) is 27.7 Å². The van der Waals surface area contributed by atoms with Crippen LogP contribution >= 0.6 is 0 Å². The number of carbonyl (C=O) groups excluding carboxylic acids is 3. The van der Waals surface area contributed by atoms with Gasteiger partial charge in [-0.25, -0.2) is 4.68 Å². The quantitative estimate of drug-likeness (QED) is 0.172. The number of esters is 1. The zero-order chi connectivity index (χ0) is 28.8. The summed E-state index contributed by atoms with van der Waals surface area (Å²) in [6.07, 6.45) is 3.53. The molecule has 0 saturated carbocycles. The van der Waals surface area contributed by atoms with Crippen LogP contribution in [0.4, 0.5) is 0 Å². The number of carbonyl (C=O) groups is 3. The van der Waals surface area contributed by atoms with Crippen molar-refractivity contribution < 1.29 is 23.9 Å². The Morgan fingerprint density at radius 2 is 1.77 bits per heavy atom. The van der Waals surface area contributed by atoms with Gasteiger partial charge in [0.1, 0.15) is 23.9 Å². The summed E-state index contributed by atoms with van der Waals surface area (Å²) in [5.74, 6) is -1.61. The molecule has 9 nitrogen and oxygen atoms in total. The minimum absolute atomic E-state index is 0.0312. The van der Waals surface area contributed by atoms with E-state index in [1.54, 1.807) is 17.7 Å². The Labute approximate surface area is 232 Å². The lowest BCUT2D eigenvalue weighted by Crippen LogP contribution is -2.44. The van der Waals surface area contributed by atoms with E-state index < -0.39 is 17.8 Å². The van der Waals surface area contributed by atoms with Crippen LogP contribution in [0.15, 0.2) is 71.4 Å². The van der Waals surface area contributed by atoms with Crippen molar-refractivity contribution in [1.29, 1.82) is 5.26 Å². The van der Waals surface area contributed by atoms with E-state index in [-0.39, 0.29) is 37.5 Å². The number of imide groups is 1. The van der Waals surface area contributed by atoms with Gasteiger partial charge in [-0.05, 0) is 56.2 Å². The Bertz CT molecular complexity index is 1560. The molecular formula is C31H30N4O5. The molecule has 0 bridgehead atoms. The second-order valence-electron chi connectivity index (χ2n) is 9.42. The molecular weight excluding hydrogens is 508 g/mol. The Hall–Kier alpha value is -4.81. The molecule has 0 radical (unpaired) electrons. The van der Waals surface area contributed by atoms with Gasteiger partial charge in [0, 0.05) is 29.8 Å². The first-order valence-electron chi connectivity index (χ1n) is 12.8. The van der Waals surface area contributed by atoms with E-state index in [9.17, 15) is 19.6 Å². The number of nitriles is 1. The molecule has 0 aliphatic carbocycles. The van der Waals surface area contributed by atoms with E-state index in [4.69, 9.17) is 14.6 Å². The number of rotatable bonds is 9. The third-order valence-corrected chi connectivity index (χ3v) is 6.53. The number of ether oxygens (including phenoxy) is 2. The SMILES string of the molecule is CC(=O)OCCOCCN1C(=O)C(C#N)=C(C)/C(=C\c2cn(-c3ccccc3)nc2-c2cc(C)ccc2C)C1=O. The average Bonchev–Trinajstić information content (AvgIpc) is 3.36. The van der Waals surface area contributed by atoms with Crippen LogP contribution in [-0.2, 0) is 23.9 Å². The van der Waals surface area contributed by atoms with Crippen LogP contribution in [0.25, 0.3) is 23.0 Å². The Morgan fingerprint density at radius 3 is 2.48 bits per heavy atom. The molecule has 0 fully saturated rings. The van der Waals surface area contributed by atoms with E-state index in [1.807, 2.05) is 74.6 Å². The van der Waals surface area contributed by atoms with Crippen LogP contribution < -0.4 is 0 Å². The summed E-state index contributed by atoms with van der Waals surface area (Å²) >= 11 is 0. The molecule has 1 aliphatic heterocycles. The minimum atomic E-state index is -0.666. The first-order valence-corrected chi connectivity index (χ1v) is 12.8. The summed E-state index contributed by atoms with van der Waals surface area (Å²) in [5, 5.41) is 14.7. The zero-order valence-electron chi connectivity index (χ0n) is 22.9. The third-order valence-electron chi connectivity index (χ3n) is 6.53. The van der Waals surface area contributed by atoms with Crippen molar-refractivity contribution in [1.82, 2.24) is 14.7 Å². The molecule has 2 aromatic carbocycles. The molecule has 4 rings (SSSR count). The maximum absolute atomic E-state index is 13.6. The first kappa shape index (κ1) is 28.2. The highest BCUT2D eigenvalue weighted by Crippen LogP contribution is 2.32. The maximum atomic E-state index is 13.6. The van der Waals surface area contributed by atoms with Gasteiger partial charge in [-0.2, -0.15) is 10.4 Å². The predicted molar refractivity (Wildman–Crippen MR) is 149 cm³/mol. The summed E-state index contributed by atoms with van der Waals surface area (Å²) < 4.78 is 12.0. The van der Waals surface area contributed by atoms with E-state index >= 15 is 0 Å². The molecule has 2 heterocycles. The highest BCUT2D eigenvalue weighted by Gasteiger charge is 2.35. The smallest absolute Gasteiger partial charge is 0.302 e. The van der Waals surface area contributed by atoms with Crippen molar-refractivity contribution in [3.8, 4) is 23.0 Å². The van der Waals surface area contributed by atoms with Gasteiger partial charge < -0.3 is 9.47 Å². The lowest BCUT2D eigenvalue weighted by molar-refractivity contribution is -0.142. The summed E-state index contributed by atoms with van der Waals surface area (Å²) in [6.45, 7) is 7.07. The van der Waals surface area contributed by atoms with E-state index in [0.717, 1.165) is 27.3 Å². The van der Waals surface area contributed by atoms with Gasteiger partial charge in [-0.1, -0.05) is 35.9 Å². The van der Waals surface area contributed by atoms with Crippen molar-refractivity contribution in [2.24, 2.45) is 0 Å². The Morgan fingerprint density at radius 1 is 1.02 bits per heavy atom. The molecule has 1 aliphatic rings. The third kappa shape index (κ3) is 6.08. The fourth-order valence-electron chi connectivity index (χ4n) is 4.40. The first-order chi connectivity index (χ1) is 19.2. The number of para-hydroxylation sites is 1. The van der Waals surface area contributed by atoms with Gasteiger partial charge in [0.05, 0.1) is 25.4 Å². The number of hydrogen-bond donors (Lipinski definition) is 0. The van der Waals surface area contributed by atoms with Crippen molar-refractivity contribution in [2.75, 3.05) is 26.4 Å². The van der Waals surface area contributed by atoms with Crippen LogP contribution in [0.1, 0.15) is 30.5 Å². The lowest BCUT2D eigenvalue weighted by Gasteiger charge is -2.27. The highest BCUT2D eigenvalue weighted by molar-refractivity contribution is 6.19. The van der Waals surface area contributed by atoms with E-state index in [0.29, 0.717) is 16.8 Å². The summed E-state index contributed by atoms with van der Waals surface area (Å²) in [5.41, 5.74) is 5.64. The standard InChI is InChI=1S/C31H30N4O5/c1-20-10-11-21(2)26(16-20)29-24(19-35(33-29)25-8-6-5-7-9-25)17-27-22(3)28(18-32)31(38)34(30(27)37)12-13-39-14-15-40-23(4)36/h5-11,16-17,19H,12-15H2,1-4H3/b27-17+. The van der Waals surface area contributed by atoms with Gasteiger partial charge >= 0.3 is 5.97 Å². The molecule has 2 amide bonds. The van der Waals surface area contributed by atoms with Gasteiger partial charge in [0.15, 0.2) is 0 Å². The van der Waals surface area contributed by atoms with Crippen molar-refractivity contribution in [3.05, 3.63) is 88.1 Å². The number of amides is 2. The minimum Gasteiger partial charge on any atom is -0.463 e. The van der Waals surface area contributed by atoms with Gasteiger partial charge in [0.25, 0.3) is 11.8 Å². The van der Waals surface area contributed by atoms with Gasteiger partial charge in [-0.15, -0.1) is 0 Å². The Balaban J connectivity index is 1.74. The second-order valence-corrected chi connectivity index (χ2v) is 9.42. The predicted octanol–water partition coefficient (Wildman–Crippen LogP) is 4.33. The number of aryl methyl sites for hydroxylation is 2. The second kappa shape index (κ2) is 12.4. The van der Waals surface area contributed by atoms with Gasteiger partial charge in [0.2, 0.25) is 0 Å². The molecule has 0 saturated heterocycles. The summed E-state index contributed by atoms with van der Waals surface area (Å²) in [7, 11) is 0. The number of benzene rings is 2. The molecule has 3 aromatic rings. The molecule has 0 atom stereocenters. The monoisotopic (exact) mass is 538 g/mol. The molecule has 204 valence electrons. The lowest BCUT2D eigenvalue weighted by atomic mass is 9.92. The van der Waals surface area contributed by atoms with E-state index in [2.05, 4.69) is 0 Å². The molecule has 1 aromatic heterocycles. The van der Waals surface area contributed by atoms with E-state index in [1.165, 1.54) is 6.92 Å². The topological polar surface area (TPSA) is 115 Å². The van der Waals surface area contributed by atoms with Crippen LogP contribution in [0.5, 0.6) is 0 Å². The van der Waals surface area contributed by atoms with Crippen LogP contribution in [0.3, 0.4) is 0 Å². The number of nitrogens with zero attached hydrogens (tertiary/aromatic N) is 4. The van der Waals surface area contributed by atoms with Crippen LogP contribution in [0.2, 0.25) is 0 Å². The molecule has 0 spiro atoms. The molecule has 0 unspecified atom stereocenters. The highest BCUT2D eigenvalue weighted by atomic mass is 16.6. The van der Waals surface area contributed by atoms with Gasteiger partial charge in [-0.3, -0.25) is 19.3 Å². The molecule has 9 heteroatoms. The van der Waals surface area contributed by atoms with Crippen molar-refractivity contribution >= 4 is 23.9 Å². The average molecular weight is 539 g/mol. The Kier molecular flexibility index (Phi) is 8.72.